The zero-order chi connectivity index (χ0) is 17.5. The van der Waals surface area contributed by atoms with Crippen molar-refractivity contribution in [1.29, 1.82) is 0 Å². The number of carbonyl (C=O) groups is 1. The number of benzene rings is 2. The van der Waals surface area contributed by atoms with E-state index in [9.17, 15) is 4.79 Å². The van der Waals surface area contributed by atoms with E-state index in [-0.39, 0.29) is 5.91 Å². The summed E-state index contributed by atoms with van der Waals surface area (Å²) < 4.78 is 5.27. The number of aromatic nitrogens is 1. The van der Waals surface area contributed by atoms with Gasteiger partial charge in [0.05, 0.1) is 5.52 Å². The summed E-state index contributed by atoms with van der Waals surface area (Å²) in [5, 5.41) is 4.02. The molecule has 0 saturated carbocycles. The summed E-state index contributed by atoms with van der Waals surface area (Å²) in [7, 11) is 0. The SMILES string of the molecule is CCOCCCNC(=O)c1cccc(-c2cnc3ccccc3c2)c1. The molecule has 0 saturated heterocycles. The Bertz CT molecular complexity index is 861. The summed E-state index contributed by atoms with van der Waals surface area (Å²) in [6, 6.07) is 17.7. The first-order valence-corrected chi connectivity index (χ1v) is 8.59. The molecule has 4 heteroatoms. The molecule has 0 unspecified atom stereocenters. The van der Waals surface area contributed by atoms with Gasteiger partial charge in [-0.15, -0.1) is 0 Å². The molecule has 3 rings (SSSR count). The minimum absolute atomic E-state index is 0.0629. The molecule has 0 aliphatic rings. The fraction of sp³-hybridized carbons (Fsp3) is 0.238. The second kappa shape index (κ2) is 8.40. The van der Waals surface area contributed by atoms with Crippen molar-refractivity contribution in [2.75, 3.05) is 19.8 Å². The van der Waals surface area contributed by atoms with Gasteiger partial charge >= 0.3 is 0 Å². The van der Waals surface area contributed by atoms with Crippen LogP contribution >= 0.6 is 0 Å². The molecule has 0 bridgehead atoms. The van der Waals surface area contributed by atoms with Crippen LogP contribution in [-0.4, -0.2) is 30.6 Å². The lowest BCUT2D eigenvalue weighted by Crippen LogP contribution is -2.25. The van der Waals surface area contributed by atoms with Gasteiger partial charge in [0.2, 0.25) is 0 Å². The maximum atomic E-state index is 12.3. The second-order valence-electron chi connectivity index (χ2n) is 5.80. The van der Waals surface area contributed by atoms with Gasteiger partial charge in [-0.25, -0.2) is 0 Å². The number of hydrogen-bond acceptors (Lipinski definition) is 3. The van der Waals surface area contributed by atoms with E-state index in [1.807, 2.05) is 61.7 Å². The van der Waals surface area contributed by atoms with Crippen molar-refractivity contribution in [3.05, 3.63) is 66.4 Å². The van der Waals surface area contributed by atoms with Crippen molar-refractivity contribution < 1.29 is 9.53 Å². The maximum absolute atomic E-state index is 12.3. The van der Waals surface area contributed by atoms with Crippen molar-refractivity contribution in [3.8, 4) is 11.1 Å². The van der Waals surface area contributed by atoms with Gasteiger partial charge in [0.15, 0.2) is 0 Å². The summed E-state index contributed by atoms with van der Waals surface area (Å²) in [5.41, 5.74) is 3.61. The van der Waals surface area contributed by atoms with E-state index >= 15 is 0 Å². The molecule has 25 heavy (non-hydrogen) atoms. The maximum Gasteiger partial charge on any atom is 0.251 e. The van der Waals surface area contributed by atoms with Crippen LogP contribution in [0.5, 0.6) is 0 Å². The molecule has 1 aromatic heterocycles. The van der Waals surface area contributed by atoms with Crippen LogP contribution in [0.25, 0.3) is 22.0 Å². The lowest BCUT2D eigenvalue weighted by atomic mass is 10.0. The highest BCUT2D eigenvalue weighted by atomic mass is 16.5. The highest BCUT2D eigenvalue weighted by molar-refractivity contribution is 5.95. The van der Waals surface area contributed by atoms with Gasteiger partial charge in [-0.2, -0.15) is 0 Å². The second-order valence-corrected chi connectivity index (χ2v) is 5.80. The molecule has 0 fully saturated rings. The molecule has 3 aromatic rings. The molecule has 0 radical (unpaired) electrons. The first kappa shape index (κ1) is 17.1. The third kappa shape index (κ3) is 4.43. The summed E-state index contributed by atoms with van der Waals surface area (Å²) in [6.45, 7) is 3.95. The predicted molar refractivity (Wildman–Crippen MR) is 101 cm³/mol. The number of nitrogens with one attached hydrogen (secondary N) is 1. The van der Waals surface area contributed by atoms with Crippen molar-refractivity contribution in [2.24, 2.45) is 0 Å². The molecular formula is C21H22N2O2. The number of hydrogen-bond donors (Lipinski definition) is 1. The Morgan fingerprint density at radius 1 is 1.08 bits per heavy atom. The third-order valence-electron chi connectivity index (χ3n) is 4.00. The van der Waals surface area contributed by atoms with Crippen LogP contribution in [0.3, 0.4) is 0 Å². The number of carbonyl (C=O) groups excluding carboxylic acids is 1. The lowest BCUT2D eigenvalue weighted by Gasteiger charge is -2.08. The zero-order valence-electron chi connectivity index (χ0n) is 14.4. The zero-order valence-corrected chi connectivity index (χ0v) is 14.4. The van der Waals surface area contributed by atoms with Crippen LogP contribution in [0.1, 0.15) is 23.7 Å². The van der Waals surface area contributed by atoms with E-state index in [0.29, 0.717) is 25.3 Å². The number of amides is 1. The molecule has 0 spiro atoms. The number of nitrogens with zero attached hydrogens (tertiary/aromatic N) is 1. The lowest BCUT2D eigenvalue weighted by molar-refractivity contribution is 0.0944. The van der Waals surface area contributed by atoms with E-state index < -0.39 is 0 Å². The van der Waals surface area contributed by atoms with E-state index in [4.69, 9.17) is 4.74 Å². The average Bonchev–Trinajstić information content (AvgIpc) is 2.67. The third-order valence-corrected chi connectivity index (χ3v) is 4.00. The Kier molecular flexibility index (Phi) is 5.75. The Hall–Kier alpha value is -2.72. The van der Waals surface area contributed by atoms with Crippen molar-refractivity contribution in [3.63, 3.8) is 0 Å². The Labute approximate surface area is 147 Å². The fourth-order valence-electron chi connectivity index (χ4n) is 2.69. The molecule has 128 valence electrons. The number of fused-ring (bicyclic) bond motifs is 1. The Balaban J connectivity index is 1.72. The van der Waals surface area contributed by atoms with Gasteiger partial charge in [-0.3, -0.25) is 9.78 Å². The topological polar surface area (TPSA) is 51.2 Å². The molecule has 0 aliphatic heterocycles. The standard InChI is InChI=1S/C21H22N2O2/c1-2-25-12-6-11-22-21(24)18-9-5-8-16(13-18)19-14-17-7-3-4-10-20(17)23-15-19/h3-5,7-10,13-15H,2,6,11-12H2,1H3,(H,22,24). The molecule has 1 heterocycles. The summed E-state index contributed by atoms with van der Waals surface area (Å²) >= 11 is 0. The average molecular weight is 334 g/mol. The van der Waals surface area contributed by atoms with Crippen molar-refractivity contribution in [2.45, 2.75) is 13.3 Å². The molecule has 0 atom stereocenters. The van der Waals surface area contributed by atoms with Crippen LogP contribution in [-0.2, 0) is 4.74 Å². The predicted octanol–water partition coefficient (Wildman–Crippen LogP) is 4.06. The highest BCUT2D eigenvalue weighted by Gasteiger charge is 2.07. The van der Waals surface area contributed by atoms with Crippen LogP contribution < -0.4 is 5.32 Å². The first-order valence-electron chi connectivity index (χ1n) is 8.59. The van der Waals surface area contributed by atoms with Crippen molar-refractivity contribution >= 4 is 16.8 Å². The molecule has 1 amide bonds. The van der Waals surface area contributed by atoms with E-state index in [1.165, 1.54) is 0 Å². The number of rotatable bonds is 7. The number of pyridine rings is 1. The number of para-hydroxylation sites is 1. The Morgan fingerprint density at radius 2 is 1.96 bits per heavy atom. The minimum atomic E-state index is -0.0629. The van der Waals surface area contributed by atoms with E-state index in [1.54, 1.807) is 0 Å². The molecule has 4 nitrogen and oxygen atoms in total. The fourth-order valence-corrected chi connectivity index (χ4v) is 2.69. The van der Waals surface area contributed by atoms with E-state index in [0.717, 1.165) is 28.5 Å². The van der Waals surface area contributed by atoms with E-state index in [2.05, 4.69) is 16.4 Å². The molecular weight excluding hydrogens is 312 g/mol. The molecule has 0 aliphatic carbocycles. The quantitative estimate of drug-likeness (QED) is 0.663. The van der Waals surface area contributed by atoms with Crippen LogP contribution in [0.2, 0.25) is 0 Å². The van der Waals surface area contributed by atoms with Crippen LogP contribution in [0, 0.1) is 0 Å². The van der Waals surface area contributed by atoms with Gasteiger partial charge in [0.25, 0.3) is 5.91 Å². The van der Waals surface area contributed by atoms with Gasteiger partial charge in [0.1, 0.15) is 0 Å². The largest absolute Gasteiger partial charge is 0.382 e. The van der Waals surface area contributed by atoms with Crippen molar-refractivity contribution in [1.82, 2.24) is 10.3 Å². The van der Waals surface area contributed by atoms with Gasteiger partial charge < -0.3 is 10.1 Å². The van der Waals surface area contributed by atoms with Gasteiger partial charge in [-0.1, -0.05) is 30.3 Å². The summed E-state index contributed by atoms with van der Waals surface area (Å²) in [6.07, 6.45) is 2.66. The minimum Gasteiger partial charge on any atom is -0.382 e. The monoisotopic (exact) mass is 334 g/mol. The van der Waals surface area contributed by atoms with Crippen LogP contribution in [0.4, 0.5) is 0 Å². The van der Waals surface area contributed by atoms with Crippen LogP contribution in [0.15, 0.2) is 60.8 Å². The molecule has 2 aromatic carbocycles. The normalized spacial score (nSPS) is 10.8. The molecule has 1 N–H and O–H groups in total. The smallest absolute Gasteiger partial charge is 0.251 e. The highest BCUT2D eigenvalue weighted by Crippen LogP contribution is 2.23. The van der Waals surface area contributed by atoms with Gasteiger partial charge in [-0.05, 0) is 43.2 Å². The summed E-state index contributed by atoms with van der Waals surface area (Å²) in [5.74, 6) is -0.0629. The number of ether oxygens (including phenoxy) is 1. The Morgan fingerprint density at radius 3 is 2.84 bits per heavy atom. The van der Waals surface area contributed by atoms with Gasteiger partial charge in [0, 0.05) is 42.5 Å². The summed E-state index contributed by atoms with van der Waals surface area (Å²) in [4.78, 5) is 16.8. The first-order chi connectivity index (χ1) is 12.3.